The van der Waals surface area contributed by atoms with Crippen LogP contribution in [0.5, 0.6) is 0 Å². The van der Waals surface area contributed by atoms with Gasteiger partial charge >= 0.3 is 5.97 Å². The number of carbonyl (C=O) groups is 2. The molecule has 5 rings (SSSR count). The summed E-state index contributed by atoms with van der Waals surface area (Å²) in [6, 6.07) is 16.8. The first-order chi connectivity index (χ1) is 20.0. The van der Waals surface area contributed by atoms with Crippen LogP contribution in [0.25, 0.3) is 0 Å². The number of hydrogen-bond acceptors (Lipinski definition) is 9. The standard InChI is InChI=1S/C30H35N5O6/c36-20-21-5-7-22(8-6-21)26-18-25(19-34-13-15-35(16-14-34)30-31-11-2-12-32-30)40-29(41-26)23-3-1-4-24(17-23)33-27(37)9-10-28(38)39/h1-8,11-12,17,25-26,29,36H,9-10,13-16,18-20H2,(H,33,37)(H,38,39)/t25-,26+,29+/m0/s1. The van der Waals surface area contributed by atoms with E-state index in [1.807, 2.05) is 42.5 Å². The third-order valence-electron chi connectivity index (χ3n) is 7.29. The van der Waals surface area contributed by atoms with Crippen LogP contribution in [0.1, 0.15) is 48.3 Å². The number of carboxylic acids is 1. The number of carbonyl (C=O) groups excluding carboxylic acids is 1. The first-order valence-electron chi connectivity index (χ1n) is 13.8. The van der Waals surface area contributed by atoms with Crippen molar-refractivity contribution in [3.05, 3.63) is 83.7 Å². The van der Waals surface area contributed by atoms with Crippen LogP contribution in [0.2, 0.25) is 0 Å². The third kappa shape index (κ3) is 7.86. The summed E-state index contributed by atoms with van der Waals surface area (Å²) in [6.45, 7) is 4.08. The largest absolute Gasteiger partial charge is 0.481 e. The Morgan fingerprint density at radius 3 is 2.39 bits per heavy atom. The van der Waals surface area contributed by atoms with E-state index in [0.29, 0.717) is 12.1 Å². The molecule has 11 heteroatoms. The van der Waals surface area contributed by atoms with Gasteiger partial charge in [0.2, 0.25) is 11.9 Å². The molecule has 0 saturated carbocycles. The predicted molar refractivity (Wildman–Crippen MR) is 151 cm³/mol. The highest BCUT2D eigenvalue weighted by Crippen LogP contribution is 2.38. The summed E-state index contributed by atoms with van der Waals surface area (Å²) in [5.74, 6) is -0.637. The molecule has 11 nitrogen and oxygen atoms in total. The van der Waals surface area contributed by atoms with Crippen LogP contribution >= 0.6 is 0 Å². The predicted octanol–water partition coefficient (Wildman–Crippen LogP) is 3.14. The first kappa shape index (κ1) is 28.6. The lowest BCUT2D eigenvalue weighted by molar-refractivity contribution is -0.253. The van der Waals surface area contributed by atoms with Gasteiger partial charge in [-0.25, -0.2) is 9.97 Å². The molecule has 0 bridgehead atoms. The average Bonchev–Trinajstić information content (AvgIpc) is 3.01. The Morgan fingerprint density at radius 2 is 1.68 bits per heavy atom. The zero-order chi connectivity index (χ0) is 28.6. The Bertz CT molecular complexity index is 1300. The molecule has 0 radical (unpaired) electrons. The van der Waals surface area contributed by atoms with Crippen LogP contribution in [0.4, 0.5) is 11.6 Å². The maximum atomic E-state index is 12.2. The van der Waals surface area contributed by atoms with Gasteiger partial charge < -0.3 is 29.9 Å². The normalized spacial score (nSPS) is 21.4. The monoisotopic (exact) mass is 561 g/mol. The topological polar surface area (TPSA) is 137 Å². The number of carboxylic acid groups (broad SMARTS) is 1. The Balaban J connectivity index is 1.28. The molecule has 0 aliphatic carbocycles. The van der Waals surface area contributed by atoms with Crippen LogP contribution in [0.3, 0.4) is 0 Å². The maximum absolute atomic E-state index is 12.2. The van der Waals surface area contributed by atoms with Crippen LogP contribution in [-0.2, 0) is 25.7 Å². The fraction of sp³-hybridized carbons (Fsp3) is 0.400. The molecule has 3 aromatic rings. The lowest BCUT2D eigenvalue weighted by Gasteiger charge is -2.40. The van der Waals surface area contributed by atoms with Crippen LogP contribution in [0.15, 0.2) is 67.0 Å². The molecule has 216 valence electrons. The van der Waals surface area contributed by atoms with E-state index in [1.165, 1.54) is 0 Å². The number of piperazine rings is 1. The summed E-state index contributed by atoms with van der Waals surface area (Å²) >= 11 is 0. The van der Waals surface area contributed by atoms with Gasteiger partial charge in [-0.05, 0) is 29.3 Å². The summed E-state index contributed by atoms with van der Waals surface area (Å²) in [5.41, 5.74) is 3.15. The number of aliphatic hydroxyl groups is 1. The van der Waals surface area contributed by atoms with E-state index in [0.717, 1.165) is 55.4 Å². The van der Waals surface area contributed by atoms with Gasteiger partial charge in [0.05, 0.1) is 25.2 Å². The minimum atomic E-state index is -1.02. The molecule has 3 N–H and O–H groups in total. The molecule has 0 unspecified atom stereocenters. The van der Waals surface area contributed by atoms with E-state index < -0.39 is 12.3 Å². The zero-order valence-electron chi connectivity index (χ0n) is 22.8. The summed E-state index contributed by atoms with van der Waals surface area (Å²) < 4.78 is 12.9. The molecule has 2 aromatic carbocycles. The van der Waals surface area contributed by atoms with E-state index in [9.17, 15) is 14.7 Å². The average molecular weight is 562 g/mol. The van der Waals surface area contributed by atoms with Crippen molar-refractivity contribution in [3.8, 4) is 0 Å². The number of hydrogen-bond donors (Lipinski definition) is 3. The van der Waals surface area contributed by atoms with Gasteiger partial charge in [0.15, 0.2) is 6.29 Å². The molecule has 2 saturated heterocycles. The van der Waals surface area contributed by atoms with Crippen molar-refractivity contribution in [1.82, 2.24) is 14.9 Å². The highest BCUT2D eigenvalue weighted by atomic mass is 16.7. The number of benzene rings is 2. The number of nitrogens with zero attached hydrogens (tertiary/aromatic N) is 4. The van der Waals surface area contributed by atoms with Crippen molar-refractivity contribution in [2.45, 2.75) is 44.4 Å². The molecule has 1 aromatic heterocycles. The summed E-state index contributed by atoms with van der Waals surface area (Å²) in [5, 5.41) is 21.1. The molecule has 0 spiro atoms. The number of rotatable bonds is 10. The Hall–Kier alpha value is -3.90. The minimum Gasteiger partial charge on any atom is -0.481 e. The van der Waals surface area contributed by atoms with Crippen molar-refractivity contribution in [2.24, 2.45) is 0 Å². The van der Waals surface area contributed by atoms with E-state index in [-0.39, 0.29) is 37.6 Å². The number of anilines is 2. The lowest BCUT2D eigenvalue weighted by atomic mass is 9.99. The van der Waals surface area contributed by atoms with Gasteiger partial charge in [0, 0.05) is 69.2 Å². The maximum Gasteiger partial charge on any atom is 0.303 e. The van der Waals surface area contributed by atoms with Crippen molar-refractivity contribution in [1.29, 1.82) is 0 Å². The third-order valence-corrected chi connectivity index (χ3v) is 7.29. The van der Waals surface area contributed by atoms with Gasteiger partial charge in [0.1, 0.15) is 0 Å². The van der Waals surface area contributed by atoms with Crippen LogP contribution < -0.4 is 10.2 Å². The van der Waals surface area contributed by atoms with E-state index in [1.54, 1.807) is 24.5 Å². The van der Waals surface area contributed by atoms with Gasteiger partial charge in [-0.3, -0.25) is 14.5 Å². The molecule has 41 heavy (non-hydrogen) atoms. The highest BCUT2D eigenvalue weighted by molar-refractivity contribution is 5.92. The number of amides is 1. The van der Waals surface area contributed by atoms with Crippen LogP contribution in [-0.4, -0.2) is 75.8 Å². The van der Waals surface area contributed by atoms with Crippen LogP contribution in [0, 0.1) is 0 Å². The molecule has 1 amide bonds. The Kier molecular flexibility index (Phi) is 9.52. The van der Waals surface area contributed by atoms with Crippen molar-refractivity contribution in [3.63, 3.8) is 0 Å². The first-order valence-corrected chi connectivity index (χ1v) is 13.8. The zero-order valence-corrected chi connectivity index (χ0v) is 22.8. The molecule has 3 heterocycles. The van der Waals surface area contributed by atoms with Gasteiger partial charge in [-0.15, -0.1) is 0 Å². The number of aromatic nitrogens is 2. The quantitative estimate of drug-likeness (QED) is 0.339. The van der Waals surface area contributed by atoms with E-state index in [4.69, 9.17) is 14.6 Å². The van der Waals surface area contributed by atoms with Gasteiger partial charge in [-0.1, -0.05) is 36.4 Å². The fourth-order valence-electron chi connectivity index (χ4n) is 5.11. The second-order valence-electron chi connectivity index (χ2n) is 10.3. The second kappa shape index (κ2) is 13.6. The SMILES string of the molecule is O=C(O)CCC(=O)Nc1cccc([C@@H]2O[C@H](CN3CCN(c4ncccn4)CC3)C[C@H](c3ccc(CO)cc3)O2)c1. The number of ether oxygens (including phenoxy) is 2. The van der Waals surface area contributed by atoms with E-state index in [2.05, 4.69) is 25.1 Å². The number of aliphatic carboxylic acids is 1. The lowest BCUT2D eigenvalue weighted by Crippen LogP contribution is -2.50. The molecular weight excluding hydrogens is 526 g/mol. The summed E-state index contributed by atoms with van der Waals surface area (Å²) in [6.07, 6.45) is 2.86. The fourth-order valence-corrected chi connectivity index (χ4v) is 5.11. The number of nitrogens with one attached hydrogen (secondary N) is 1. The molecule has 2 aliphatic rings. The molecule has 2 aliphatic heterocycles. The molecule has 3 atom stereocenters. The van der Waals surface area contributed by atoms with Crippen molar-refractivity contribution >= 4 is 23.5 Å². The second-order valence-corrected chi connectivity index (χ2v) is 10.3. The smallest absolute Gasteiger partial charge is 0.303 e. The Labute approximate surface area is 238 Å². The Morgan fingerprint density at radius 1 is 0.927 bits per heavy atom. The molecular formula is C30H35N5O6. The highest BCUT2D eigenvalue weighted by Gasteiger charge is 2.34. The minimum absolute atomic E-state index is 0.0227. The number of aliphatic hydroxyl groups excluding tert-OH is 1. The summed E-state index contributed by atoms with van der Waals surface area (Å²) in [4.78, 5) is 36.3. The molecule has 2 fully saturated rings. The van der Waals surface area contributed by atoms with Crippen molar-refractivity contribution < 1.29 is 29.3 Å². The van der Waals surface area contributed by atoms with E-state index >= 15 is 0 Å². The van der Waals surface area contributed by atoms with Gasteiger partial charge in [-0.2, -0.15) is 0 Å². The van der Waals surface area contributed by atoms with Gasteiger partial charge in [0.25, 0.3) is 0 Å². The summed E-state index contributed by atoms with van der Waals surface area (Å²) in [7, 11) is 0. The van der Waals surface area contributed by atoms with Crippen molar-refractivity contribution in [2.75, 3.05) is 42.9 Å².